The van der Waals surface area contributed by atoms with Crippen LogP contribution in [0, 0.1) is 0 Å². The molecule has 1 unspecified atom stereocenters. The first-order valence-electron chi connectivity index (χ1n) is 6.94. The van der Waals surface area contributed by atoms with Gasteiger partial charge in [-0.1, -0.05) is 28.1 Å². The molecule has 112 valence electrons. The Kier molecular flexibility index (Phi) is 6.08. The number of nitrogens with two attached hydrogens (primary N) is 1. The normalized spacial score (nSPS) is 12.0. The fourth-order valence-electron chi connectivity index (χ4n) is 2.06. The lowest BCUT2D eigenvalue weighted by molar-refractivity contribution is 0.297. The Morgan fingerprint density at radius 3 is 2.57 bits per heavy atom. The molecular formula is C17H20BrNO2. The van der Waals surface area contributed by atoms with Crippen LogP contribution >= 0.6 is 15.9 Å². The third kappa shape index (κ3) is 5.40. The van der Waals surface area contributed by atoms with Gasteiger partial charge in [0.15, 0.2) is 0 Å². The molecule has 0 aliphatic carbocycles. The molecule has 2 aromatic rings. The van der Waals surface area contributed by atoms with Crippen LogP contribution in [0.4, 0.5) is 0 Å². The molecule has 3 nitrogen and oxygen atoms in total. The zero-order valence-electron chi connectivity index (χ0n) is 12.1. The summed E-state index contributed by atoms with van der Waals surface area (Å²) in [5.74, 6) is 1.73. The zero-order valence-corrected chi connectivity index (χ0v) is 13.7. The lowest BCUT2D eigenvalue weighted by Gasteiger charge is -2.13. The minimum atomic E-state index is 0.0764. The Bertz CT molecular complexity index is 557. The van der Waals surface area contributed by atoms with E-state index in [0.29, 0.717) is 6.61 Å². The second-order valence-electron chi connectivity index (χ2n) is 4.91. The molecule has 2 rings (SSSR count). The smallest absolute Gasteiger partial charge is 0.119 e. The number of benzene rings is 2. The van der Waals surface area contributed by atoms with Gasteiger partial charge < -0.3 is 15.2 Å². The minimum Gasteiger partial charge on any atom is -0.497 e. The average Bonchev–Trinajstić information content (AvgIpc) is 2.49. The van der Waals surface area contributed by atoms with Crippen LogP contribution in [-0.4, -0.2) is 19.8 Å². The van der Waals surface area contributed by atoms with E-state index in [1.165, 1.54) is 5.56 Å². The van der Waals surface area contributed by atoms with Crippen LogP contribution < -0.4 is 15.2 Å². The van der Waals surface area contributed by atoms with E-state index in [0.717, 1.165) is 28.8 Å². The van der Waals surface area contributed by atoms with E-state index in [4.69, 9.17) is 15.2 Å². The molecular weight excluding hydrogens is 330 g/mol. The van der Waals surface area contributed by atoms with Gasteiger partial charge in [-0.05, 0) is 54.8 Å². The third-order valence-corrected chi connectivity index (χ3v) is 3.73. The summed E-state index contributed by atoms with van der Waals surface area (Å²) < 4.78 is 12.0. The molecule has 2 aromatic carbocycles. The maximum Gasteiger partial charge on any atom is 0.119 e. The van der Waals surface area contributed by atoms with Crippen LogP contribution in [0.15, 0.2) is 53.0 Å². The van der Waals surface area contributed by atoms with Gasteiger partial charge in [-0.15, -0.1) is 0 Å². The standard InChI is InChI=1S/C17H20BrNO2/c1-20-17-4-2-3-13(12-17)11-15(19)9-10-21-16-7-5-14(18)6-8-16/h2-8,12,15H,9-11,19H2,1H3. The second-order valence-corrected chi connectivity index (χ2v) is 5.82. The SMILES string of the molecule is COc1cccc(CC(N)CCOc2ccc(Br)cc2)c1. The quantitative estimate of drug-likeness (QED) is 0.826. The highest BCUT2D eigenvalue weighted by Crippen LogP contribution is 2.17. The van der Waals surface area contributed by atoms with E-state index in [9.17, 15) is 0 Å². The van der Waals surface area contributed by atoms with Crippen LogP contribution in [0.3, 0.4) is 0 Å². The van der Waals surface area contributed by atoms with Crippen molar-refractivity contribution in [2.75, 3.05) is 13.7 Å². The molecule has 1 atom stereocenters. The number of methoxy groups -OCH3 is 1. The van der Waals surface area contributed by atoms with E-state index in [-0.39, 0.29) is 6.04 Å². The first kappa shape index (κ1) is 15.9. The molecule has 0 saturated carbocycles. The number of hydrogen-bond acceptors (Lipinski definition) is 3. The zero-order chi connectivity index (χ0) is 15.1. The Morgan fingerprint density at radius 1 is 1.10 bits per heavy atom. The van der Waals surface area contributed by atoms with Crippen LogP contribution in [0.2, 0.25) is 0 Å². The van der Waals surface area contributed by atoms with E-state index in [2.05, 4.69) is 22.0 Å². The first-order chi connectivity index (χ1) is 10.2. The summed E-state index contributed by atoms with van der Waals surface area (Å²) in [7, 11) is 1.67. The van der Waals surface area contributed by atoms with Crippen LogP contribution in [0.1, 0.15) is 12.0 Å². The molecule has 0 radical (unpaired) electrons. The van der Waals surface area contributed by atoms with Gasteiger partial charge in [-0.2, -0.15) is 0 Å². The van der Waals surface area contributed by atoms with Gasteiger partial charge in [0.1, 0.15) is 11.5 Å². The van der Waals surface area contributed by atoms with Gasteiger partial charge in [0.25, 0.3) is 0 Å². The predicted molar refractivity (Wildman–Crippen MR) is 88.9 cm³/mol. The molecule has 0 spiro atoms. The molecule has 0 amide bonds. The van der Waals surface area contributed by atoms with E-state index < -0.39 is 0 Å². The fourth-order valence-corrected chi connectivity index (χ4v) is 2.33. The minimum absolute atomic E-state index is 0.0764. The highest BCUT2D eigenvalue weighted by molar-refractivity contribution is 9.10. The van der Waals surface area contributed by atoms with Crippen LogP contribution in [-0.2, 0) is 6.42 Å². The molecule has 0 heterocycles. The number of rotatable bonds is 7. The molecule has 0 aliphatic heterocycles. The third-order valence-electron chi connectivity index (χ3n) is 3.20. The topological polar surface area (TPSA) is 44.5 Å². The number of halogens is 1. The average molecular weight is 350 g/mol. The summed E-state index contributed by atoms with van der Waals surface area (Å²) >= 11 is 3.40. The number of ether oxygens (including phenoxy) is 2. The van der Waals surface area contributed by atoms with Crippen molar-refractivity contribution in [2.45, 2.75) is 18.9 Å². The van der Waals surface area contributed by atoms with Crippen LogP contribution in [0.5, 0.6) is 11.5 Å². The Morgan fingerprint density at radius 2 is 1.86 bits per heavy atom. The maximum atomic E-state index is 6.16. The van der Waals surface area contributed by atoms with Gasteiger partial charge >= 0.3 is 0 Å². The molecule has 4 heteroatoms. The van der Waals surface area contributed by atoms with Gasteiger partial charge in [0.2, 0.25) is 0 Å². The van der Waals surface area contributed by atoms with Crippen molar-refractivity contribution in [2.24, 2.45) is 5.73 Å². The lowest BCUT2D eigenvalue weighted by atomic mass is 10.0. The van der Waals surface area contributed by atoms with Crippen molar-refractivity contribution in [3.05, 3.63) is 58.6 Å². The Hall–Kier alpha value is -1.52. The monoisotopic (exact) mass is 349 g/mol. The molecule has 2 N–H and O–H groups in total. The molecule has 0 fully saturated rings. The highest BCUT2D eigenvalue weighted by atomic mass is 79.9. The Labute approximate surface area is 134 Å². The fraction of sp³-hybridized carbons (Fsp3) is 0.294. The van der Waals surface area contributed by atoms with Crippen molar-refractivity contribution in [1.82, 2.24) is 0 Å². The van der Waals surface area contributed by atoms with Crippen molar-refractivity contribution < 1.29 is 9.47 Å². The molecule has 0 aromatic heterocycles. The summed E-state index contributed by atoms with van der Waals surface area (Å²) in [4.78, 5) is 0. The van der Waals surface area contributed by atoms with E-state index in [1.54, 1.807) is 7.11 Å². The van der Waals surface area contributed by atoms with Crippen molar-refractivity contribution >= 4 is 15.9 Å². The Balaban J connectivity index is 1.76. The van der Waals surface area contributed by atoms with Gasteiger partial charge in [-0.25, -0.2) is 0 Å². The van der Waals surface area contributed by atoms with Gasteiger partial charge in [0, 0.05) is 10.5 Å². The maximum absolute atomic E-state index is 6.16. The van der Waals surface area contributed by atoms with Crippen molar-refractivity contribution in [1.29, 1.82) is 0 Å². The number of hydrogen-bond donors (Lipinski definition) is 1. The van der Waals surface area contributed by atoms with Crippen molar-refractivity contribution in [3.63, 3.8) is 0 Å². The largest absolute Gasteiger partial charge is 0.497 e. The summed E-state index contributed by atoms with van der Waals surface area (Å²) in [5, 5.41) is 0. The van der Waals surface area contributed by atoms with E-state index in [1.807, 2.05) is 42.5 Å². The summed E-state index contributed by atoms with van der Waals surface area (Å²) in [5.41, 5.74) is 7.34. The van der Waals surface area contributed by atoms with E-state index >= 15 is 0 Å². The van der Waals surface area contributed by atoms with Crippen LogP contribution in [0.25, 0.3) is 0 Å². The first-order valence-corrected chi connectivity index (χ1v) is 7.73. The molecule has 0 bridgehead atoms. The van der Waals surface area contributed by atoms with Gasteiger partial charge in [-0.3, -0.25) is 0 Å². The highest BCUT2D eigenvalue weighted by Gasteiger charge is 2.06. The summed E-state index contributed by atoms with van der Waals surface area (Å²) in [6, 6.07) is 15.9. The van der Waals surface area contributed by atoms with Crippen molar-refractivity contribution in [3.8, 4) is 11.5 Å². The van der Waals surface area contributed by atoms with Gasteiger partial charge in [0.05, 0.1) is 13.7 Å². The molecule has 21 heavy (non-hydrogen) atoms. The molecule has 0 saturated heterocycles. The lowest BCUT2D eigenvalue weighted by Crippen LogP contribution is -2.25. The second kappa shape index (κ2) is 8.05. The predicted octanol–water partition coefficient (Wildman–Crippen LogP) is 3.80. The molecule has 0 aliphatic rings. The summed E-state index contributed by atoms with van der Waals surface area (Å²) in [6.07, 6.45) is 1.63. The summed E-state index contributed by atoms with van der Waals surface area (Å²) in [6.45, 7) is 0.618.